The highest BCUT2D eigenvalue weighted by atomic mass is 19.1. The normalized spacial score (nSPS) is 14.7. The first-order valence-corrected chi connectivity index (χ1v) is 8.13. The standard InChI is InChI=1S/C17H22FN3O4/c1-25-17(24)21-8-6-13(7-9-21)11-20-16(23)15(22)19-10-12-2-4-14(18)5-3-12/h2-5,13H,6-11H2,1H3,(H,19,22)(H,20,23). The molecule has 136 valence electrons. The Kier molecular flexibility index (Phi) is 6.73. The van der Waals surface area contributed by atoms with Gasteiger partial charge in [-0.3, -0.25) is 9.59 Å². The SMILES string of the molecule is COC(=O)N1CCC(CNC(=O)C(=O)NCc2ccc(F)cc2)CC1. The van der Waals surface area contributed by atoms with E-state index in [0.29, 0.717) is 25.2 Å². The topological polar surface area (TPSA) is 87.7 Å². The fourth-order valence-electron chi connectivity index (χ4n) is 2.63. The number of piperidine rings is 1. The number of amides is 3. The lowest BCUT2D eigenvalue weighted by Gasteiger charge is -2.30. The Morgan fingerprint density at radius 3 is 2.32 bits per heavy atom. The Bertz CT molecular complexity index is 613. The highest BCUT2D eigenvalue weighted by Gasteiger charge is 2.24. The molecule has 1 saturated heterocycles. The molecule has 8 heteroatoms. The number of benzene rings is 1. The van der Waals surface area contributed by atoms with Gasteiger partial charge in [0.25, 0.3) is 0 Å². The second kappa shape index (κ2) is 9.00. The van der Waals surface area contributed by atoms with Crippen molar-refractivity contribution in [1.29, 1.82) is 0 Å². The van der Waals surface area contributed by atoms with Crippen LogP contribution in [-0.4, -0.2) is 49.6 Å². The van der Waals surface area contributed by atoms with Gasteiger partial charge in [0.05, 0.1) is 7.11 Å². The molecule has 2 rings (SSSR count). The van der Waals surface area contributed by atoms with Crippen LogP contribution in [0.3, 0.4) is 0 Å². The van der Waals surface area contributed by atoms with Crippen molar-refractivity contribution in [3.8, 4) is 0 Å². The molecular weight excluding hydrogens is 329 g/mol. The van der Waals surface area contributed by atoms with Gasteiger partial charge in [0, 0.05) is 26.2 Å². The third-order valence-corrected chi connectivity index (χ3v) is 4.17. The number of rotatable bonds is 4. The summed E-state index contributed by atoms with van der Waals surface area (Å²) in [5.74, 6) is -1.56. The van der Waals surface area contributed by atoms with Gasteiger partial charge < -0.3 is 20.3 Å². The minimum absolute atomic E-state index is 0.157. The smallest absolute Gasteiger partial charge is 0.409 e. The maximum absolute atomic E-state index is 12.8. The average molecular weight is 351 g/mol. The number of hydrogen-bond acceptors (Lipinski definition) is 4. The van der Waals surface area contributed by atoms with Gasteiger partial charge in [0.15, 0.2) is 0 Å². The molecule has 0 atom stereocenters. The molecule has 0 aliphatic carbocycles. The summed E-state index contributed by atoms with van der Waals surface area (Å²) in [4.78, 5) is 36.6. The van der Waals surface area contributed by atoms with E-state index in [1.54, 1.807) is 17.0 Å². The zero-order valence-corrected chi connectivity index (χ0v) is 14.1. The molecule has 1 aromatic carbocycles. The van der Waals surface area contributed by atoms with E-state index in [0.717, 1.165) is 12.8 Å². The number of likely N-dealkylation sites (tertiary alicyclic amines) is 1. The molecule has 7 nitrogen and oxygen atoms in total. The van der Waals surface area contributed by atoms with E-state index in [2.05, 4.69) is 15.4 Å². The van der Waals surface area contributed by atoms with Crippen molar-refractivity contribution in [2.75, 3.05) is 26.7 Å². The summed E-state index contributed by atoms with van der Waals surface area (Å²) in [6.45, 7) is 1.69. The van der Waals surface area contributed by atoms with Crippen LogP contribution >= 0.6 is 0 Å². The predicted octanol–water partition coefficient (Wildman–Crippen LogP) is 1.04. The molecule has 0 spiro atoms. The third-order valence-electron chi connectivity index (χ3n) is 4.17. The fourth-order valence-corrected chi connectivity index (χ4v) is 2.63. The van der Waals surface area contributed by atoms with Gasteiger partial charge in [-0.25, -0.2) is 9.18 Å². The molecule has 0 saturated carbocycles. The van der Waals surface area contributed by atoms with Crippen LogP contribution in [0.2, 0.25) is 0 Å². The maximum atomic E-state index is 12.8. The molecule has 25 heavy (non-hydrogen) atoms. The van der Waals surface area contributed by atoms with E-state index < -0.39 is 11.8 Å². The Labute approximate surface area is 145 Å². The summed E-state index contributed by atoms with van der Waals surface area (Å²) in [5, 5.41) is 5.10. The summed E-state index contributed by atoms with van der Waals surface area (Å²) in [6, 6.07) is 5.68. The Morgan fingerprint density at radius 2 is 1.72 bits per heavy atom. The number of ether oxygens (including phenoxy) is 1. The van der Waals surface area contributed by atoms with Crippen LogP contribution in [0.15, 0.2) is 24.3 Å². The monoisotopic (exact) mass is 351 g/mol. The van der Waals surface area contributed by atoms with Crippen molar-refractivity contribution in [2.24, 2.45) is 5.92 Å². The summed E-state index contributed by atoms with van der Waals surface area (Å²) in [5.41, 5.74) is 0.706. The minimum atomic E-state index is -0.726. The van der Waals surface area contributed by atoms with Gasteiger partial charge >= 0.3 is 17.9 Å². The first kappa shape index (κ1) is 18.7. The van der Waals surface area contributed by atoms with Crippen LogP contribution in [0.25, 0.3) is 0 Å². The zero-order chi connectivity index (χ0) is 18.2. The van der Waals surface area contributed by atoms with Crippen LogP contribution in [0.1, 0.15) is 18.4 Å². The van der Waals surface area contributed by atoms with Crippen LogP contribution in [-0.2, 0) is 20.9 Å². The summed E-state index contributed by atoms with van der Waals surface area (Å²) in [6.07, 6.45) is 1.14. The van der Waals surface area contributed by atoms with Crippen molar-refractivity contribution < 1.29 is 23.5 Å². The van der Waals surface area contributed by atoms with Gasteiger partial charge in [0.2, 0.25) is 0 Å². The van der Waals surface area contributed by atoms with Crippen molar-refractivity contribution in [3.63, 3.8) is 0 Å². The van der Waals surface area contributed by atoms with E-state index in [-0.39, 0.29) is 24.4 Å². The molecule has 0 radical (unpaired) electrons. The van der Waals surface area contributed by atoms with E-state index in [1.807, 2.05) is 0 Å². The van der Waals surface area contributed by atoms with Crippen LogP contribution in [0, 0.1) is 11.7 Å². The van der Waals surface area contributed by atoms with Gasteiger partial charge in [0.1, 0.15) is 5.82 Å². The van der Waals surface area contributed by atoms with Crippen molar-refractivity contribution in [3.05, 3.63) is 35.6 Å². The van der Waals surface area contributed by atoms with E-state index >= 15 is 0 Å². The molecule has 1 aliphatic rings. The van der Waals surface area contributed by atoms with Gasteiger partial charge in [-0.1, -0.05) is 12.1 Å². The molecule has 0 unspecified atom stereocenters. The molecule has 0 aromatic heterocycles. The Morgan fingerprint density at radius 1 is 1.12 bits per heavy atom. The number of carbonyl (C=O) groups excluding carboxylic acids is 3. The van der Waals surface area contributed by atoms with E-state index in [4.69, 9.17) is 0 Å². The molecule has 2 N–H and O–H groups in total. The quantitative estimate of drug-likeness (QED) is 0.794. The highest BCUT2D eigenvalue weighted by molar-refractivity contribution is 6.35. The average Bonchev–Trinajstić information content (AvgIpc) is 2.65. The second-order valence-corrected chi connectivity index (χ2v) is 5.92. The molecule has 0 bridgehead atoms. The Hall–Kier alpha value is -2.64. The van der Waals surface area contributed by atoms with Crippen LogP contribution in [0.5, 0.6) is 0 Å². The van der Waals surface area contributed by atoms with Crippen LogP contribution in [0.4, 0.5) is 9.18 Å². The molecule has 1 heterocycles. The fraction of sp³-hybridized carbons (Fsp3) is 0.471. The lowest BCUT2D eigenvalue weighted by molar-refractivity contribution is -0.139. The van der Waals surface area contributed by atoms with Crippen LogP contribution < -0.4 is 10.6 Å². The van der Waals surface area contributed by atoms with Crippen molar-refractivity contribution >= 4 is 17.9 Å². The number of methoxy groups -OCH3 is 1. The first-order chi connectivity index (χ1) is 12.0. The van der Waals surface area contributed by atoms with Crippen molar-refractivity contribution in [2.45, 2.75) is 19.4 Å². The van der Waals surface area contributed by atoms with E-state index in [9.17, 15) is 18.8 Å². The molecule has 1 aliphatic heterocycles. The minimum Gasteiger partial charge on any atom is -0.453 e. The largest absolute Gasteiger partial charge is 0.453 e. The van der Waals surface area contributed by atoms with Gasteiger partial charge in [-0.15, -0.1) is 0 Å². The molecule has 3 amide bonds. The van der Waals surface area contributed by atoms with Crippen molar-refractivity contribution in [1.82, 2.24) is 15.5 Å². The number of halogens is 1. The second-order valence-electron chi connectivity index (χ2n) is 5.92. The number of nitrogens with zero attached hydrogens (tertiary/aromatic N) is 1. The van der Waals surface area contributed by atoms with E-state index in [1.165, 1.54) is 19.2 Å². The lowest BCUT2D eigenvalue weighted by atomic mass is 9.97. The summed E-state index contributed by atoms with van der Waals surface area (Å²) >= 11 is 0. The molecule has 1 fully saturated rings. The third kappa shape index (κ3) is 5.74. The number of carbonyl (C=O) groups is 3. The Balaban J connectivity index is 1.67. The predicted molar refractivity (Wildman–Crippen MR) is 88.0 cm³/mol. The first-order valence-electron chi connectivity index (χ1n) is 8.13. The zero-order valence-electron chi connectivity index (χ0n) is 14.1. The van der Waals surface area contributed by atoms with Gasteiger partial charge in [-0.2, -0.15) is 0 Å². The maximum Gasteiger partial charge on any atom is 0.409 e. The van der Waals surface area contributed by atoms with Gasteiger partial charge in [-0.05, 0) is 36.5 Å². The molecular formula is C17H22FN3O4. The number of nitrogens with one attached hydrogen (secondary N) is 2. The number of hydrogen-bond donors (Lipinski definition) is 2. The molecule has 1 aromatic rings. The summed E-state index contributed by atoms with van der Waals surface area (Å²) in [7, 11) is 1.35. The lowest BCUT2D eigenvalue weighted by Crippen LogP contribution is -2.44. The highest BCUT2D eigenvalue weighted by Crippen LogP contribution is 2.16. The summed E-state index contributed by atoms with van der Waals surface area (Å²) < 4.78 is 17.5.